The highest BCUT2D eigenvalue weighted by Crippen LogP contribution is 2.14. The van der Waals surface area contributed by atoms with E-state index in [2.05, 4.69) is 9.88 Å². The molecule has 0 N–H and O–H groups in total. The summed E-state index contributed by atoms with van der Waals surface area (Å²) in [5, 5.41) is 0. The van der Waals surface area contributed by atoms with Crippen molar-refractivity contribution in [3.8, 4) is 5.75 Å². The van der Waals surface area contributed by atoms with Gasteiger partial charge >= 0.3 is 5.97 Å². The van der Waals surface area contributed by atoms with Crippen LogP contribution in [-0.2, 0) is 9.68 Å². The van der Waals surface area contributed by atoms with Gasteiger partial charge in [0, 0.05) is 13.1 Å². The van der Waals surface area contributed by atoms with Crippen LogP contribution in [0.3, 0.4) is 0 Å². The van der Waals surface area contributed by atoms with Gasteiger partial charge in [0.2, 0.25) is 0 Å². The molecule has 0 bridgehead atoms. The number of nitrogens with zero attached hydrogens (tertiary/aromatic N) is 1. The van der Waals surface area contributed by atoms with Crippen LogP contribution >= 0.6 is 0 Å². The Bertz CT molecular complexity index is 606. The molecule has 5 heteroatoms. The number of hydrogen-bond acceptors (Lipinski definition) is 4. The molecule has 102 valence electrons. The summed E-state index contributed by atoms with van der Waals surface area (Å²) in [6, 6.07) is 12.7. The molecule has 0 unspecified atom stereocenters. The molecule has 2 aromatic carbocycles. The van der Waals surface area contributed by atoms with Crippen molar-refractivity contribution >= 4 is 17.9 Å². The van der Waals surface area contributed by atoms with Gasteiger partial charge in [-0.25, -0.2) is 9.18 Å². The van der Waals surface area contributed by atoms with Crippen LogP contribution in [0.2, 0.25) is 0 Å². The summed E-state index contributed by atoms with van der Waals surface area (Å²) in [5.74, 6) is -0.401. The topological polar surface area (TPSA) is 47.9 Å². The summed E-state index contributed by atoms with van der Waals surface area (Å²) in [7, 11) is 0. The second-order valence-electron chi connectivity index (χ2n) is 3.96. The van der Waals surface area contributed by atoms with Gasteiger partial charge < -0.3 is 0 Å². The van der Waals surface area contributed by atoms with Gasteiger partial charge in [-0.05, 0) is 54.1 Å². The molecule has 0 aromatic heterocycles. The van der Waals surface area contributed by atoms with Crippen molar-refractivity contribution < 1.29 is 19.0 Å². The Labute approximate surface area is 115 Å². The first-order valence-electron chi connectivity index (χ1n) is 5.88. The predicted molar refractivity (Wildman–Crippen MR) is 72.5 cm³/mol. The molecule has 0 radical (unpaired) electrons. The number of halogens is 1. The lowest BCUT2D eigenvalue weighted by atomic mass is 10.2. The Morgan fingerprint density at radius 2 is 1.75 bits per heavy atom. The lowest BCUT2D eigenvalue weighted by Gasteiger charge is -2.01. The van der Waals surface area contributed by atoms with Crippen LogP contribution in [0.1, 0.15) is 12.5 Å². The van der Waals surface area contributed by atoms with Crippen LogP contribution in [0.4, 0.5) is 10.1 Å². The van der Waals surface area contributed by atoms with Crippen molar-refractivity contribution in [1.29, 1.82) is 0 Å². The number of aliphatic imine (C=N–C) groups is 1. The van der Waals surface area contributed by atoms with E-state index in [0.29, 0.717) is 11.4 Å². The molecule has 0 atom stereocenters. The summed E-state index contributed by atoms with van der Waals surface area (Å²) < 4.78 is 12.7. The van der Waals surface area contributed by atoms with Crippen LogP contribution in [0.25, 0.3) is 0 Å². The zero-order valence-corrected chi connectivity index (χ0v) is 10.7. The number of carbonyl (C=O) groups is 1. The molecule has 0 aliphatic rings. The van der Waals surface area contributed by atoms with Gasteiger partial charge in [0.1, 0.15) is 5.82 Å². The van der Waals surface area contributed by atoms with Crippen LogP contribution in [0.5, 0.6) is 5.75 Å². The van der Waals surface area contributed by atoms with E-state index in [0.717, 1.165) is 5.56 Å². The van der Waals surface area contributed by atoms with E-state index in [1.165, 1.54) is 19.1 Å². The minimum atomic E-state index is -0.521. The fourth-order valence-electron chi connectivity index (χ4n) is 1.39. The Morgan fingerprint density at radius 3 is 2.35 bits per heavy atom. The van der Waals surface area contributed by atoms with E-state index in [4.69, 9.17) is 4.89 Å². The van der Waals surface area contributed by atoms with Crippen LogP contribution in [0, 0.1) is 5.82 Å². The molecule has 0 aliphatic carbocycles. The van der Waals surface area contributed by atoms with Crippen molar-refractivity contribution in [2.75, 3.05) is 0 Å². The smallest absolute Gasteiger partial charge is 0.287 e. The molecular formula is C15H12FNO3. The minimum absolute atomic E-state index is 0.295. The summed E-state index contributed by atoms with van der Waals surface area (Å²) in [6.07, 6.45) is 1.64. The molecule has 2 aromatic rings. The van der Waals surface area contributed by atoms with Crippen LogP contribution in [-0.4, -0.2) is 12.2 Å². The first kappa shape index (κ1) is 13.7. The summed E-state index contributed by atoms with van der Waals surface area (Å²) in [4.78, 5) is 23.9. The van der Waals surface area contributed by atoms with Crippen molar-refractivity contribution in [3.63, 3.8) is 0 Å². The molecule has 0 aliphatic heterocycles. The monoisotopic (exact) mass is 273 g/mol. The molecule has 0 spiro atoms. The maximum Gasteiger partial charge on any atom is 0.352 e. The quantitative estimate of drug-likeness (QED) is 0.487. The second kappa shape index (κ2) is 6.47. The Kier molecular flexibility index (Phi) is 4.44. The highest BCUT2D eigenvalue weighted by molar-refractivity contribution is 5.82. The van der Waals surface area contributed by atoms with Crippen molar-refractivity contribution in [2.24, 2.45) is 4.99 Å². The van der Waals surface area contributed by atoms with Gasteiger partial charge in [-0.1, -0.05) is 0 Å². The maximum atomic E-state index is 12.7. The third-order valence-corrected chi connectivity index (χ3v) is 2.32. The fourth-order valence-corrected chi connectivity index (χ4v) is 1.39. The van der Waals surface area contributed by atoms with Crippen LogP contribution in [0.15, 0.2) is 53.5 Å². The lowest BCUT2D eigenvalue weighted by molar-refractivity contribution is -0.210. The molecule has 20 heavy (non-hydrogen) atoms. The standard InChI is InChI=1S/C15H12FNO3/c1-11(18)19-20-15-8-2-12(3-9-15)10-17-14-6-4-13(16)5-7-14/h2-10H,1H3. The summed E-state index contributed by atoms with van der Waals surface area (Å²) in [6.45, 7) is 1.25. The van der Waals surface area contributed by atoms with E-state index in [1.54, 1.807) is 42.6 Å². The molecule has 4 nitrogen and oxygen atoms in total. The van der Waals surface area contributed by atoms with Gasteiger partial charge in [0.25, 0.3) is 0 Å². The summed E-state index contributed by atoms with van der Waals surface area (Å²) >= 11 is 0. The normalized spacial score (nSPS) is 10.5. The van der Waals surface area contributed by atoms with Gasteiger partial charge in [-0.2, -0.15) is 0 Å². The van der Waals surface area contributed by atoms with Crippen molar-refractivity contribution in [3.05, 3.63) is 59.9 Å². The molecule has 0 heterocycles. The summed E-state index contributed by atoms with van der Waals surface area (Å²) in [5.41, 5.74) is 1.50. The molecular weight excluding hydrogens is 261 g/mol. The van der Waals surface area contributed by atoms with E-state index >= 15 is 0 Å². The highest BCUT2D eigenvalue weighted by atomic mass is 19.1. The highest BCUT2D eigenvalue weighted by Gasteiger charge is 1.98. The molecule has 0 fully saturated rings. The first-order valence-corrected chi connectivity index (χ1v) is 5.88. The van der Waals surface area contributed by atoms with Crippen molar-refractivity contribution in [2.45, 2.75) is 6.92 Å². The van der Waals surface area contributed by atoms with E-state index in [9.17, 15) is 9.18 Å². The average molecular weight is 273 g/mol. The number of benzene rings is 2. The molecule has 0 amide bonds. The minimum Gasteiger partial charge on any atom is -0.287 e. The maximum absolute atomic E-state index is 12.7. The molecule has 2 rings (SSSR count). The van der Waals surface area contributed by atoms with Gasteiger partial charge in [0.05, 0.1) is 5.69 Å². The first-order chi connectivity index (χ1) is 9.63. The Morgan fingerprint density at radius 1 is 1.10 bits per heavy atom. The molecule has 0 saturated heterocycles. The van der Waals surface area contributed by atoms with Crippen molar-refractivity contribution in [1.82, 2.24) is 0 Å². The van der Waals surface area contributed by atoms with E-state index < -0.39 is 5.97 Å². The number of rotatable bonds is 4. The Balaban J connectivity index is 1.99. The zero-order chi connectivity index (χ0) is 14.4. The molecule has 0 saturated carbocycles. The second-order valence-corrected chi connectivity index (χ2v) is 3.96. The van der Waals surface area contributed by atoms with E-state index in [1.807, 2.05) is 0 Å². The largest absolute Gasteiger partial charge is 0.352 e. The third kappa shape index (κ3) is 4.20. The fraction of sp³-hybridized carbons (Fsp3) is 0.0667. The third-order valence-electron chi connectivity index (χ3n) is 2.32. The van der Waals surface area contributed by atoms with Gasteiger partial charge in [-0.15, -0.1) is 0 Å². The number of carbonyl (C=O) groups excluding carboxylic acids is 1. The Hall–Kier alpha value is -2.69. The number of hydrogen-bond donors (Lipinski definition) is 0. The lowest BCUT2D eigenvalue weighted by Crippen LogP contribution is -2.02. The van der Waals surface area contributed by atoms with Gasteiger partial charge in [-0.3, -0.25) is 14.8 Å². The van der Waals surface area contributed by atoms with E-state index in [-0.39, 0.29) is 5.82 Å². The van der Waals surface area contributed by atoms with Gasteiger partial charge in [0.15, 0.2) is 5.75 Å². The zero-order valence-electron chi connectivity index (χ0n) is 10.7. The predicted octanol–water partition coefficient (Wildman–Crippen LogP) is 3.43. The average Bonchev–Trinajstić information content (AvgIpc) is 2.45. The van der Waals surface area contributed by atoms with Crippen LogP contribution < -0.4 is 4.89 Å². The SMILES string of the molecule is CC(=O)OOc1ccc(C=Nc2ccc(F)cc2)cc1.